The smallest absolute Gasteiger partial charge is 0.311 e. The minimum absolute atomic E-state index is 0.00880. The summed E-state index contributed by atoms with van der Waals surface area (Å²) in [6.07, 6.45) is 3.07. The van der Waals surface area contributed by atoms with Gasteiger partial charge < -0.3 is 28.7 Å². The van der Waals surface area contributed by atoms with Crippen molar-refractivity contribution in [3.8, 4) is 34.1 Å². The summed E-state index contributed by atoms with van der Waals surface area (Å²) in [5, 5.41) is 0. The number of carbonyl (C=O) groups is 3. The largest absolute Gasteiger partial charge is 0.493 e. The number of likely N-dealkylation sites (N-methyl/N-ethyl adjacent to an activating group) is 1. The number of carbonyl (C=O) groups excluding carboxylic acids is 3. The van der Waals surface area contributed by atoms with Crippen LogP contribution in [0, 0.1) is 0 Å². The monoisotopic (exact) mass is 551 g/mol. The summed E-state index contributed by atoms with van der Waals surface area (Å²) >= 11 is 0. The second kappa shape index (κ2) is 13.0. The number of fused-ring (bicyclic) bond motifs is 3. The van der Waals surface area contributed by atoms with Gasteiger partial charge in [-0.15, -0.1) is 0 Å². The first-order valence-corrected chi connectivity index (χ1v) is 13.4. The lowest BCUT2D eigenvalue weighted by Crippen LogP contribution is -2.47. The van der Waals surface area contributed by atoms with Crippen LogP contribution in [0.1, 0.15) is 43.2 Å². The van der Waals surface area contributed by atoms with Gasteiger partial charge in [0.1, 0.15) is 5.75 Å². The van der Waals surface area contributed by atoms with Crippen molar-refractivity contribution < 1.29 is 33.3 Å². The van der Waals surface area contributed by atoms with Gasteiger partial charge in [0, 0.05) is 57.2 Å². The van der Waals surface area contributed by atoms with E-state index in [1.165, 1.54) is 6.92 Å². The van der Waals surface area contributed by atoms with Crippen LogP contribution in [-0.4, -0.2) is 88.4 Å². The number of rotatable bonds is 8. The third kappa shape index (κ3) is 6.44. The van der Waals surface area contributed by atoms with Crippen LogP contribution in [0.2, 0.25) is 0 Å². The number of ether oxygens (including phenoxy) is 4. The molecule has 1 saturated heterocycles. The third-order valence-electron chi connectivity index (χ3n) is 7.40. The second-order valence-electron chi connectivity index (χ2n) is 10.0. The molecule has 40 heavy (non-hydrogen) atoms. The Morgan fingerprint density at radius 3 is 2.35 bits per heavy atom. The zero-order chi connectivity index (χ0) is 28.8. The Morgan fingerprint density at radius 2 is 1.70 bits per heavy atom. The number of aryl methyl sites for hydroxylation is 1. The first-order chi connectivity index (χ1) is 19.2. The molecule has 4 rings (SSSR count). The fraction of sp³-hybridized carbons (Fsp3) is 0.467. The Kier molecular flexibility index (Phi) is 9.42. The van der Waals surface area contributed by atoms with Crippen molar-refractivity contribution in [2.24, 2.45) is 4.99 Å². The van der Waals surface area contributed by atoms with Crippen LogP contribution < -0.4 is 18.9 Å². The molecule has 1 aliphatic heterocycles. The molecule has 0 saturated carbocycles. The number of methoxy groups -OCH3 is 3. The topological polar surface area (TPSA) is 107 Å². The molecule has 2 aliphatic rings. The Hall–Kier alpha value is -3.92. The summed E-state index contributed by atoms with van der Waals surface area (Å²) in [6.45, 7) is 4.39. The molecule has 10 nitrogen and oxygen atoms in total. The molecule has 1 aliphatic carbocycles. The molecule has 2 amide bonds. The van der Waals surface area contributed by atoms with Gasteiger partial charge in [-0.2, -0.15) is 0 Å². The SMILES string of the molecule is COc1cc2c(c(OC)c1OC)-c1ccc(OC(=O)CCC(=O)N3CCN(C)CC3)cc1C(C=NC(C)=O)CC2. The Bertz CT molecular complexity index is 1300. The minimum Gasteiger partial charge on any atom is -0.493 e. The van der Waals surface area contributed by atoms with Crippen molar-refractivity contribution in [2.75, 3.05) is 54.6 Å². The van der Waals surface area contributed by atoms with Crippen LogP contribution in [0.5, 0.6) is 23.0 Å². The summed E-state index contributed by atoms with van der Waals surface area (Å²) in [6, 6.07) is 7.35. The molecule has 214 valence electrons. The Morgan fingerprint density at radius 1 is 0.975 bits per heavy atom. The van der Waals surface area contributed by atoms with Crippen LogP contribution in [0.3, 0.4) is 0 Å². The number of nitrogens with zero attached hydrogens (tertiary/aromatic N) is 3. The van der Waals surface area contributed by atoms with Crippen LogP contribution in [-0.2, 0) is 20.8 Å². The van der Waals surface area contributed by atoms with Crippen molar-refractivity contribution >= 4 is 24.0 Å². The Balaban J connectivity index is 1.62. The number of piperazine rings is 1. The molecule has 1 unspecified atom stereocenters. The highest BCUT2D eigenvalue weighted by Crippen LogP contribution is 2.51. The predicted octanol–water partition coefficient (Wildman–Crippen LogP) is 3.49. The first-order valence-electron chi connectivity index (χ1n) is 13.4. The standard InChI is InChI=1S/C30H37N3O7/c1-19(34)31-18-21-7-6-20-16-25(37-3)29(38-4)30(39-5)28(20)23-9-8-22(17-24(21)23)40-27(36)11-10-26(35)33-14-12-32(2)13-15-33/h8-9,16-18,21H,6-7,10-15H2,1-5H3. The maximum atomic E-state index is 12.7. The maximum absolute atomic E-state index is 12.7. The summed E-state index contributed by atoms with van der Waals surface area (Å²) in [7, 11) is 6.74. The zero-order valence-corrected chi connectivity index (χ0v) is 23.8. The molecular weight excluding hydrogens is 514 g/mol. The summed E-state index contributed by atoms with van der Waals surface area (Å²) in [5.74, 6) is 0.907. The van der Waals surface area contributed by atoms with E-state index >= 15 is 0 Å². The predicted molar refractivity (Wildman–Crippen MR) is 151 cm³/mol. The molecule has 1 heterocycles. The number of esters is 1. The molecule has 0 bridgehead atoms. The number of hydrogen-bond donors (Lipinski definition) is 0. The highest BCUT2D eigenvalue weighted by molar-refractivity contribution is 5.90. The fourth-order valence-electron chi connectivity index (χ4n) is 5.26. The van der Waals surface area contributed by atoms with Crippen LogP contribution in [0.25, 0.3) is 11.1 Å². The van der Waals surface area contributed by atoms with Gasteiger partial charge >= 0.3 is 5.97 Å². The van der Waals surface area contributed by atoms with E-state index in [1.807, 2.05) is 19.2 Å². The molecule has 2 aromatic rings. The second-order valence-corrected chi connectivity index (χ2v) is 10.0. The van der Waals surface area contributed by atoms with Gasteiger partial charge in [0.05, 0.1) is 27.8 Å². The zero-order valence-electron chi connectivity index (χ0n) is 23.8. The number of amides is 2. The van der Waals surface area contributed by atoms with Gasteiger partial charge in [0.2, 0.25) is 17.6 Å². The van der Waals surface area contributed by atoms with E-state index in [9.17, 15) is 14.4 Å². The Labute approximate surface area is 234 Å². The lowest BCUT2D eigenvalue weighted by Gasteiger charge is -2.32. The highest BCUT2D eigenvalue weighted by Gasteiger charge is 2.29. The normalized spacial score (nSPS) is 17.0. The molecule has 0 radical (unpaired) electrons. The van der Waals surface area contributed by atoms with Crippen molar-refractivity contribution in [3.63, 3.8) is 0 Å². The molecule has 10 heteroatoms. The van der Waals surface area contributed by atoms with Crippen molar-refractivity contribution in [1.29, 1.82) is 0 Å². The van der Waals surface area contributed by atoms with E-state index in [2.05, 4.69) is 9.89 Å². The maximum Gasteiger partial charge on any atom is 0.311 e. The summed E-state index contributed by atoms with van der Waals surface area (Å²) < 4.78 is 22.7. The summed E-state index contributed by atoms with van der Waals surface area (Å²) in [5.41, 5.74) is 3.55. The molecule has 0 N–H and O–H groups in total. The van der Waals surface area contributed by atoms with Gasteiger partial charge in [-0.1, -0.05) is 6.07 Å². The molecule has 1 fully saturated rings. The minimum atomic E-state index is -0.477. The van der Waals surface area contributed by atoms with Gasteiger partial charge in [0.15, 0.2) is 11.5 Å². The van der Waals surface area contributed by atoms with Crippen molar-refractivity contribution in [2.45, 2.75) is 38.5 Å². The van der Waals surface area contributed by atoms with E-state index in [1.54, 1.807) is 44.6 Å². The quantitative estimate of drug-likeness (QED) is 0.279. The number of hydrogen-bond acceptors (Lipinski definition) is 8. The van der Waals surface area contributed by atoms with Crippen LogP contribution in [0.15, 0.2) is 29.3 Å². The van der Waals surface area contributed by atoms with Crippen LogP contribution >= 0.6 is 0 Å². The van der Waals surface area contributed by atoms with E-state index in [0.717, 1.165) is 35.3 Å². The lowest BCUT2D eigenvalue weighted by molar-refractivity contribution is -0.139. The van der Waals surface area contributed by atoms with Gasteiger partial charge in [-0.25, -0.2) is 4.99 Å². The lowest BCUT2D eigenvalue weighted by atomic mass is 9.91. The van der Waals surface area contributed by atoms with E-state index in [4.69, 9.17) is 18.9 Å². The van der Waals surface area contributed by atoms with Crippen LogP contribution in [0.4, 0.5) is 0 Å². The van der Waals surface area contributed by atoms with E-state index in [-0.39, 0.29) is 30.6 Å². The fourth-order valence-corrected chi connectivity index (χ4v) is 5.26. The van der Waals surface area contributed by atoms with Gasteiger partial charge in [0.25, 0.3) is 0 Å². The average Bonchev–Trinajstić information content (AvgIpc) is 3.10. The molecular formula is C30H37N3O7. The first kappa shape index (κ1) is 29.1. The molecule has 2 aromatic carbocycles. The molecule has 0 aromatic heterocycles. The molecule has 0 spiro atoms. The van der Waals surface area contributed by atoms with Gasteiger partial charge in [-0.05, 0) is 54.8 Å². The average molecular weight is 552 g/mol. The highest BCUT2D eigenvalue weighted by atomic mass is 16.5. The number of benzene rings is 2. The number of aliphatic imine (C=N–C) groups is 1. The van der Waals surface area contributed by atoms with Crippen molar-refractivity contribution in [3.05, 3.63) is 35.4 Å². The molecule has 1 atom stereocenters. The van der Waals surface area contributed by atoms with E-state index in [0.29, 0.717) is 48.9 Å². The van der Waals surface area contributed by atoms with Gasteiger partial charge in [-0.3, -0.25) is 14.4 Å². The summed E-state index contributed by atoms with van der Waals surface area (Å²) in [4.78, 5) is 45.0. The third-order valence-corrected chi connectivity index (χ3v) is 7.40. The van der Waals surface area contributed by atoms with Crippen molar-refractivity contribution in [1.82, 2.24) is 9.80 Å². The van der Waals surface area contributed by atoms with E-state index < -0.39 is 5.97 Å².